The van der Waals surface area contributed by atoms with Crippen LogP contribution in [0.25, 0.3) is 10.6 Å². The van der Waals surface area contributed by atoms with E-state index in [4.69, 9.17) is 28.2 Å². The maximum absolute atomic E-state index is 13.0. The summed E-state index contributed by atoms with van der Waals surface area (Å²) < 4.78 is 0. The Hall–Kier alpha value is -2.24. The minimum atomic E-state index is -0.770. The molecule has 4 rings (SSSR count). The second kappa shape index (κ2) is 12.1. The van der Waals surface area contributed by atoms with E-state index in [1.807, 2.05) is 16.3 Å². The van der Waals surface area contributed by atoms with Gasteiger partial charge in [0.25, 0.3) is 5.91 Å². The van der Waals surface area contributed by atoms with Gasteiger partial charge < -0.3 is 14.9 Å². The molecule has 3 aromatic heterocycles. The van der Waals surface area contributed by atoms with Gasteiger partial charge in [-0.05, 0) is 37.9 Å². The zero-order valence-corrected chi connectivity index (χ0v) is 24.0. The molecule has 8 nitrogen and oxygen atoms in total. The van der Waals surface area contributed by atoms with Gasteiger partial charge in [-0.3, -0.25) is 14.9 Å². The molecule has 3 aromatic rings. The van der Waals surface area contributed by atoms with Gasteiger partial charge in [0, 0.05) is 42.6 Å². The molecule has 0 bridgehead atoms. The van der Waals surface area contributed by atoms with E-state index in [0.29, 0.717) is 65.0 Å². The van der Waals surface area contributed by atoms with Gasteiger partial charge in [0.1, 0.15) is 5.82 Å². The molecule has 1 amide bonds. The van der Waals surface area contributed by atoms with Crippen LogP contribution in [0.4, 0.5) is 10.9 Å². The average molecular weight is 583 g/mol. The normalized spacial score (nSPS) is 14.5. The van der Waals surface area contributed by atoms with Crippen molar-refractivity contribution in [3.8, 4) is 10.6 Å². The van der Waals surface area contributed by atoms with Crippen molar-refractivity contribution in [3.63, 3.8) is 0 Å². The van der Waals surface area contributed by atoms with Crippen LogP contribution >= 0.6 is 45.9 Å². The molecule has 0 aromatic carbocycles. The lowest BCUT2D eigenvalue weighted by Gasteiger charge is -2.31. The van der Waals surface area contributed by atoms with E-state index < -0.39 is 5.97 Å². The topological polar surface area (TPSA) is 98.7 Å². The smallest absolute Gasteiger partial charge is 0.306 e. The summed E-state index contributed by atoms with van der Waals surface area (Å²) in [6.07, 6.45) is 2.56. The largest absolute Gasteiger partial charge is 0.481 e. The van der Waals surface area contributed by atoms with E-state index in [1.54, 1.807) is 6.07 Å². The fraction of sp³-hybridized carbons (Fsp3) is 0.440. The molecular formula is C25H29Cl2N5O3S2. The summed E-state index contributed by atoms with van der Waals surface area (Å²) in [4.78, 5) is 39.6. The van der Waals surface area contributed by atoms with Crippen molar-refractivity contribution in [2.75, 3.05) is 36.9 Å². The number of aliphatic carboxylic acids is 1. The van der Waals surface area contributed by atoms with Crippen LogP contribution in [0.15, 0.2) is 23.7 Å². The van der Waals surface area contributed by atoms with E-state index >= 15 is 0 Å². The molecule has 0 unspecified atom stereocenters. The fourth-order valence-electron chi connectivity index (χ4n) is 4.37. The van der Waals surface area contributed by atoms with Crippen LogP contribution in [0.1, 0.15) is 41.9 Å². The van der Waals surface area contributed by atoms with Crippen LogP contribution in [-0.2, 0) is 11.3 Å². The number of pyridine rings is 1. The second-order valence-corrected chi connectivity index (χ2v) is 12.4. The SMILES string of the molecule is CC(C)CN(C)Cc1sc(NC(=O)c2cnc(N3CCC(C(=O)O)CC3)c(Cl)c2)nc1-c1cc(Cl)cs1. The first-order valence-electron chi connectivity index (χ1n) is 12.0. The number of thiophene rings is 1. The third-order valence-corrected chi connectivity index (χ3v) is 8.55. The van der Waals surface area contributed by atoms with E-state index in [-0.39, 0.29) is 11.8 Å². The lowest BCUT2D eigenvalue weighted by atomic mass is 9.97. The molecular weight excluding hydrogens is 553 g/mol. The van der Waals surface area contributed by atoms with Gasteiger partial charge in [-0.25, -0.2) is 9.97 Å². The van der Waals surface area contributed by atoms with Crippen molar-refractivity contribution in [1.82, 2.24) is 14.9 Å². The summed E-state index contributed by atoms with van der Waals surface area (Å²) in [5.41, 5.74) is 1.15. The quantitative estimate of drug-likeness (QED) is 0.309. The minimum Gasteiger partial charge on any atom is -0.481 e. The first kappa shape index (κ1) is 27.8. The summed E-state index contributed by atoms with van der Waals surface area (Å²) in [5.74, 6) is -0.377. The Balaban J connectivity index is 1.49. The molecule has 1 aliphatic rings. The number of aromatic nitrogens is 2. The molecule has 0 saturated carbocycles. The van der Waals surface area contributed by atoms with Crippen LogP contribution in [0.3, 0.4) is 0 Å². The van der Waals surface area contributed by atoms with E-state index in [0.717, 1.165) is 22.0 Å². The Kier molecular flexibility index (Phi) is 9.07. The zero-order valence-electron chi connectivity index (χ0n) is 20.8. The predicted octanol–water partition coefficient (Wildman–Crippen LogP) is 6.21. The van der Waals surface area contributed by atoms with Crippen molar-refractivity contribution in [2.24, 2.45) is 11.8 Å². The summed E-state index contributed by atoms with van der Waals surface area (Å²) in [6.45, 7) is 7.11. The van der Waals surface area contributed by atoms with Crippen molar-refractivity contribution in [1.29, 1.82) is 0 Å². The van der Waals surface area contributed by atoms with E-state index in [9.17, 15) is 14.7 Å². The maximum Gasteiger partial charge on any atom is 0.306 e. The van der Waals surface area contributed by atoms with E-state index in [2.05, 4.69) is 36.1 Å². The lowest BCUT2D eigenvalue weighted by molar-refractivity contribution is -0.142. The Morgan fingerprint density at radius 3 is 2.59 bits per heavy atom. The van der Waals surface area contributed by atoms with Crippen LogP contribution < -0.4 is 10.2 Å². The first-order chi connectivity index (χ1) is 17.6. The number of piperidine rings is 1. The van der Waals surface area contributed by atoms with Gasteiger partial charge in [0.15, 0.2) is 5.13 Å². The molecule has 1 fully saturated rings. The molecule has 0 radical (unpaired) electrons. The number of carboxylic acid groups (broad SMARTS) is 1. The average Bonchev–Trinajstić information content (AvgIpc) is 3.44. The number of carbonyl (C=O) groups is 2. The number of nitrogens with zero attached hydrogens (tertiary/aromatic N) is 4. The second-order valence-electron chi connectivity index (χ2n) is 9.59. The monoisotopic (exact) mass is 581 g/mol. The molecule has 4 heterocycles. The minimum absolute atomic E-state index is 0.323. The number of halogens is 2. The Morgan fingerprint density at radius 1 is 1.27 bits per heavy atom. The van der Waals surface area contributed by atoms with Crippen molar-refractivity contribution in [2.45, 2.75) is 33.2 Å². The highest BCUT2D eigenvalue weighted by atomic mass is 35.5. The summed E-state index contributed by atoms with van der Waals surface area (Å²) in [6, 6.07) is 3.48. The number of carbonyl (C=O) groups excluding carboxylic acids is 1. The number of anilines is 2. The molecule has 0 aliphatic carbocycles. The van der Waals surface area contributed by atoms with Gasteiger partial charge in [-0.1, -0.05) is 48.4 Å². The van der Waals surface area contributed by atoms with Gasteiger partial charge in [-0.15, -0.1) is 11.3 Å². The first-order valence-corrected chi connectivity index (χ1v) is 14.4. The third-order valence-electron chi connectivity index (χ3n) is 6.04. The predicted molar refractivity (Wildman–Crippen MR) is 151 cm³/mol. The maximum atomic E-state index is 13.0. The Bertz CT molecular complexity index is 1270. The molecule has 1 aliphatic heterocycles. The third kappa shape index (κ3) is 7.00. The highest BCUT2D eigenvalue weighted by molar-refractivity contribution is 7.17. The number of carboxylic acids is 1. The molecule has 37 heavy (non-hydrogen) atoms. The van der Waals surface area contributed by atoms with Gasteiger partial charge in [-0.2, -0.15) is 0 Å². The van der Waals surface area contributed by atoms with Gasteiger partial charge in [0.2, 0.25) is 0 Å². The van der Waals surface area contributed by atoms with Gasteiger partial charge in [0.05, 0.1) is 32.1 Å². The summed E-state index contributed by atoms with van der Waals surface area (Å²) >= 11 is 15.6. The van der Waals surface area contributed by atoms with Crippen LogP contribution in [0, 0.1) is 11.8 Å². The van der Waals surface area contributed by atoms with Gasteiger partial charge >= 0.3 is 5.97 Å². The number of thiazole rings is 1. The molecule has 198 valence electrons. The summed E-state index contributed by atoms with van der Waals surface area (Å²) in [5, 5.41) is 15.5. The van der Waals surface area contributed by atoms with Crippen LogP contribution in [0.2, 0.25) is 10.0 Å². The number of rotatable bonds is 9. The van der Waals surface area contributed by atoms with Crippen LogP contribution in [-0.4, -0.2) is 58.5 Å². The standard InChI is InChI=1S/C25H29Cl2N5O3S2/c1-14(2)11-31(3)12-20-21(19-9-17(26)13-36-19)29-25(37-20)30-23(33)16-8-18(27)22(28-10-16)32-6-4-15(5-7-32)24(34)35/h8-10,13-15H,4-7,11-12H2,1-3H3,(H,34,35)(H,29,30,33). The number of hydrogen-bond donors (Lipinski definition) is 2. The zero-order chi connectivity index (χ0) is 26.7. The molecule has 0 atom stereocenters. The van der Waals surface area contributed by atoms with Crippen molar-refractivity contribution < 1.29 is 14.7 Å². The lowest BCUT2D eigenvalue weighted by Crippen LogP contribution is -2.37. The highest BCUT2D eigenvalue weighted by Crippen LogP contribution is 2.37. The molecule has 2 N–H and O–H groups in total. The Morgan fingerprint density at radius 2 is 2.00 bits per heavy atom. The molecule has 12 heteroatoms. The van der Waals surface area contributed by atoms with Crippen LogP contribution in [0.5, 0.6) is 0 Å². The van der Waals surface area contributed by atoms with Crippen molar-refractivity contribution >= 4 is 68.7 Å². The summed E-state index contributed by atoms with van der Waals surface area (Å²) in [7, 11) is 2.07. The Labute approximate surface area is 234 Å². The number of amides is 1. The van der Waals surface area contributed by atoms with E-state index in [1.165, 1.54) is 28.9 Å². The number of nitrogens with one attached hydrogen (secondary N) is 1. The number of hydrogen-bond acceptors (Lipinski definition) is 8. The fourth-order valence-corrected chi connectivity index (χ4v) is 6.86. The van der Waals surface area contributed by atoms with Crippen molar-refractivity contribution in [3.05, 3.63) is 44.2 Å². The molecule has 1 saturated heterocycles. The highest BCUT2D eigenvalue weighted by Gasteiger charge is 2.26. The molecule has 0 spiro atoms.